The highest BCUT2D eigenvalue weighted by atomic mass is 32.1. The molecule has 4 rings (SSSR count). The van der Waals surface area contributed by atoms with Gasteiger partial charge >= 0.3 is 0 Å². The van der Waals surface area contributed by atoms with Gasteiger partial charge in [0.25, 0.3) is 0 Å². The molecule has 0 unspecified atom stereocenters. The Bertz CT molecular complexity index is 1050. The number of halogens is 1. The average Bonchev–Trinajstić information content (AvgIpc) is 3.14. The number of aryl methyl sites for hydroxylation is 2. The molecule has 1 amide bonds. The quantitative estimate of drug-likeness (QED) is 0.614. The van der Waals surface area contributed by atoms with Crippen molar-refractivity contribution in [3.05, 3.63) is 64.3 Å². The van der Waals surface area contributed by atoms with Crippen molar-refractivity contribution in [2.45, 2.75) is 39.5 Å². The summed E-state index contributed by atoms with van der Waals surface area (Å²) in [5.41, 5.74) is 1.81. The van der Waals surface area contributed by atoms with Crippen LogP contribution in [-0.4, -0.2) is 38.8 Å². The van der Waals surface area contributed by atoms with Gasteiger partial charge in [0, 0.05) is 35.9 Å². The Morgan fingerprint density at radius 2 is 2.06 bits per heavy atom. The summed E-state index contributed by atoms with van der Waals surface area (Å²) in [6, 6.07) is 8.13. The highest BCUT2D eigenvalue weighted by Gasteiger charge is 2.24. The third-order valence-corrected chi connectivity index (χ3v) is 6.21. The molecule has 0 radical (unpaired) electrons. The first-order chi connectivity index (χ1) is 14.9. The topological polar surface area (TPSA) is 71.0 Å². The second-order valence-electron chi connectivity index (χ2n) is 8.05. The van der Waals surface area contributed by atoms with Gasteiger partial charge in [0.1, 0.15) is 17.5 Å². The van der Waals surface area contributed by atoms with Crippen LogP contribution < -0.4 is 5.32 Å². The zero-order chi connectivity index (χ0) is 21.8. The van der Waals surface area contributed by atoms with Crippen molar-refractivity contribution in [2.75, 3.05) is 18.4 Å². The fourth-order valence-electron chi connectivity index (χ4n) is 3.96. The summed E-state index contributed by atoms with van der Waals surface area (Å²) in [5.74, 6) is 1.63. The number of piperidine rings is 1. The Morgan fingerprint density at radius 3 is 2.81 bits per heavy atom. The number of hydrogen-bond donors (Lipinski definition) is 1. The lowest BCUT2D eigenvalue weighted by atomic mass is 9.93. The van der Waals surface area contributed by atoms with Gasteiger partial charge in [-0.2, -0.15) is 0 Å². The van der Waals surface area contributed by atoms with Crippen molar-refractivity contribution in [3.63, 3.8) is 0 Å². The van der Waals surface area contributed by atoms with Crippen molar-refractivity contribution in [2.24, 2.45) is 5.92 Å². The zero-order valence-electron chi connectivity index (χ0n) is 17.8. The fraction of sp³-hybridized carbons (Fsp3) is 0.391. The molecule has 31 heavy (non-hydrogen) atoms. The van der Waals surface area contributed by atoms with Crippen LogP contribution in [0.15, 0.2) is 36.5 Å². The van der Waals surface area contributed by atoms with Gasteiger partial charge in [-0.15, -0.1) is 11.3 Å². The highest BCUT2D eigenvalue weighted by molar-refractivity contribution is 7.15. The lowest BCUT2D eigenvalue weighted by Crippen LogP contribution is -2.41. The molecule has 1 N–H and O–H groups in total. The van der Waals surface area contributed by atoms with Crippen LogP contribution in [0.1, 0.15) is 34.8 Å². The van der Waals surface area contributed by atoms with E-state index >= 15 is 0 Å². The number of amides is 1. The molecule has 1 fully saturated rings. The number of carbonyl (C=O) groups excluding carboxylic acids is 1. The second-order valence-corrected chi connectivity index (χ2v) is 9.28. The highest BCUT2D eigenvalue weighted by Crippen LogP contribution is 2.24. The molecule has 1 aromatic carbocycles. The predicted molar refractivity (Wildman–Crippen MR) is 120 cm³/mol. The predicted octanol–water partition coefficient (Wildman–Crippen LogP) is 4.46. The van der Waals surface area contributed by atoms with Crippen LogP contribution in [0.4, 0.5) is 15.3 Å². The molecule has 0 spiro atoms. The molecule has 162 valence electrons. The number of aromatic nitrogens is 3. The molecule has 1 aliphatic heterocycles. The Morgan fingerprint density at radius 1 is 1.26 bits per heavy atom. The van der Waals surface area contributed by atoms with Crippen LogP contribution in [0.3, 0.4) is 0 Å². The van der Waals surface area contributed by atoms with Crippen LogP contribution in [0, 0.1) is 25.6 Å². The summed E-state index contributed by atoms with van der Waals surface area (Å²) in [7, 11) is 0. The van der Waals surface area contributed by atoms with Gasteiger partial charge in [-0.25, -0.2) is 19.3 Å². The Hall–Kier alpha value is -2.87. The lowest BCUT2D eigenvalue weighted by Gasteiger charge is -2.33. The molecule has 0 bridgehead atoms. The number of anilines is 2. The molecule has 2 aromatic heterocycles. The molecule has 1 atom stereocenters. The maximum absolute atomic E-state index is 13.1. The minimum Gasteiger partial charge on any atom is -0.342 e. The van der Waals surface area contributed by atoms with Gasteiger partial charge in [0.05, 0.1) is 6.42 Å². The van der Waals surface area contributed by atoms with E-state index in [2.05, 4.69) is 20.3 Å². The number of nitrogens with one attached hydrogen (secondary N) is 1. The molecule has 0 aliphatic carbocycles. The average molecular weight is 440 g/mol. The standard InChI is InChI=1S/C23H26FN5OS/c1-15-13-25-23(31-15)28-21-12-20(26-16(2)27-21)10-18-4-3-9-29(14-18)22(30)11-17-5-7-19(24)8-6-17/h5-8,12-13,18H,3-4,9-11,14H2,1-2H3,(H,25,26,27,28)/t18-/m1/s1. The van der Waals surface area contributed by atoms with E-state index in [1.165, 1.54) is 12.1 Å². The molecule has 1 aliphatic rings. The Labute approximate surface area is 185 Å². The van der Waals surface area contributed by atoms with E-state index in [1.807, 2.05) is 31.0 Å². The van der Waals surface area contributed by atoms with E-state index in [9.17, 15) is 9.18 Å². The van der Waals surface area contributed by atoms with Gasteiger partial charge in [-0.3, -0.25) is 4.79 Å². The summed E-state index contributed by atoms with van der Waals surface area (Å²) in [6.07, 6.45) is 4.99. The maximum Gasteiger partial charge on any atom is 0.226 e. The smallest absolute Gasteiger partial charge is 0.226 e. The van der Waals surface area contributed by atoms with Crippen molar-refractivity contribution in [3.8, 4) is 0 Å². The number of hydrogen-bond acceptors (Lipinski definition) is 6. The zero-order valence-corrected chi connectivity index (χ0v) is 18.6. The van der Waals surface area contributed by atoms with E-state index < -0.39 is 0 Å². The summed E-state index contributed by atoms with van der Waals surface area (Å²) in [4.78, 5) is 29.3. The minimum absolute atomic E-state index is 0.0941. The van der Waals surface area contributed by atoms with Crippen LogP contribution in [0.25, 0.3) is 0 Å². The Balaban J connectivity index is 1.38. The monoisotopic (exact) mass is 439 g/mol. The molecule has 0 saturated carbocycles. The summed E-state index contributed by atoms with van der Waals surface area (Å²) >= 11 is 1.59. The SMILES string of the molecule is Cc1nc(C[C@H]2CCCN(C(=O)Cc3ccc(F)cc3)C2)cc(Nc2ncc(C)s2)n1. The van der Waals surface area contributed by atoms with Crippen molar-refractivity contribution < 1.29 is 9.18 Å². The van der Waals surface area contributed by atoms with Crippen LogP contribution in [-0.2, 0) is 17.6 Å². The van der Waals surface area contributed by atoms with Crippen molar-refractivity contribution >= 4 is 28.2 Å². The normalized spacial score (nSPS) is 16.4. The molecule has 1 saturated heterocycles. The summed E-state index contributed by atoms with van der Waals surface area (Å²) < 4.78 is 13.1. The van der Waals surface area contributed by atoms with Gasteiger partial charge < -0.3 is 10.2 Å². The van der Waals surface area contributed by atoms with Gasteiger partial charge in [-0.05, 0) is 56.7 Å². The third kappa shape index (κ3) is 5.85. The molecule has 3 aromatic rings. The molecule has 6 nitrogen and oxygen atoms in total. The Kier molecular flexibility index (Phi) is 6.56. The second kappa shape index (κ2) is 9.51. The van der Waals surface area contributed by atoms with Crippen molar-refractivity contribution in [1.29, 1.82) is 0 Å². The van der Waals surface area contributed by atoms with E-state index in [-0.39, 0.29) is 11.7 Å². The lowest BCUT2D eigenvalue weighted by molar-refractivity contribution is -0.132. The number of thiazole rings is 1. The molecule has 3 heterocycles. The van der Waals surface area contributed by atoms with Crippen LogP contribution in [0.5, 0.6) is 0 Å². The largest absolute Gasteiger partial charge is 0.342 e. The number of carbonyl (C=O) groups is 1. The van der Waals surface area contributed by atoms with Crippen LogP contribution >= 0.6 is 11.3 Å². The van der Waals surface area contributed by atoms with Gasteiger partial charge in [-0.1, -0.05) is 12.1 Å². The number of rotatable bonds is 6. The first-order valence-electron chi connectivity index (χ1n) is 10.5. The summed E-state index contributed by atoms with van der Waals surface area (Å²) in [5, 5.41) is 4.08. The van der Waals surface area contributed by atoms with Gasteiger partial charge in [0.15, 0.2) is 5.13 Å². The molecule has 8 heteroatoms. The number of benzene rings is 1. The van der Waals surface area contributed by atoms with E-state index in [1.54, 1.807) is 23.5 Å². The first-order valence-corrected chi connectivity index (χ1v) is 11.3. The van der Waals surface area contributed by atoms with E-state index in [0.29, 0.717) is 18.2 Å². The molecular formula is C23H26FN5OS. The minimum atomic E-state index is -0.284. The van der Waals surface area contributed by atoms with Crippen LogP contribution in [0.2, 0.25) is 0 Å². The van der Waals surface area contributed by atoms with E-state index in [4.69, 9.17) is 0 Å². The number of nitrogens with zero attached hydrogens (tertiary/aromatic N) is 4. The maximum atomic E-state index is 13.1. The summed E-state index contributed by atoms with van der Waals surface area (Å²) in [6.45, 7) is 5.40. The number of likely N-dealkylation sites (tertiary alicyclic amines) is 1. The third-order valence-electron chi connectivity index (χ3n) is 5.39. The van der Waals surface area contributed by atoms with Gasteiger partial charge in [0.2, 0.25) is 5.91 Å². The van der Waals surface area contributed by atoms with E-state index in [0.717, 1.165) is 59.4 Å². The van der Waals surface area contributed by atoms with Crippen molar-refractivity contribution in [1.82, 2.24) is 19.9 Å². The molecular weight excluding hydrogens is 413 g/mol. The first kappa shape index (κ1) is 21.4. The fourth-order valence-corrected chi connectivity index (χ4v) is 4.63.